The van der Waals surface area contributed by atoms with E-state index in [4.69, 9.17) is 5.84 Å². The molecule has 2 aromatic rings. The number of carbonyl (C=O) groups excluding carboxylic acids is 1. The number of nitrogens with one attached hydrogen (secondary N) is 3. The van der Waals surface area contributed by atoms with Gasteiger partial charge in [-0.25, -0.2) is 10.8 Å². The van der Waals surface area contributed by atoms with Crippen molar-refractivity contribution in [3.05, 3.63) is 41.9 Å². The van der Waals surface area contributed by atoms with Crippen LogP contribution in [0.4, 0.5) is 5.82 Å². The van der Waals surface area contributed by atoms with Gasteiger partial charge >= 0.3 is 0 Å². The van der Waals surface area contributed by atoms with Crippen LogP contribution in [0.1, 0.15) is 16.1 Å². The van der Waals surface area contributed by atoms with E-state index in [1.807, 2.05) is 0 Å². The number of amides is 1. The van der Waals surface area contributed by atoms with Crippen LogP contribution >= 0.6 is 0 Å². The van der Waals surface area contributed by atoms with Gasteiger partial charge in [0, 0.05) is 18.3 Å². The lowest BCUT2D eigenvalue weighted by Gasteiger charge is -2.04. The number of hydrazine groups is 1. The summed E-state index contributed by atoms with van der Waals surface area (Å²) in [7, 11) is 0. The van der Waals surface area contributed by atoms with Crippen molar-refractivity contribution in [1.82, 2.24) is 20.5 Å². The van der Waals surface area contributed by atoms with Crippen LogP contribution in [0.3, 0.4) is 0 Å². The molecule has 0 aromatic carbocycles. The number of anilines is 1. The first-order chi connectivity index (χ1) is 8.29. The van der Waals surface area contributed by atoms with Gasteiger partial charge in [-0.05, 0) is 12.1 Å². The van der Waals surface area contributed by atoms with E-state index < -0.39 is 0 Å². The van der Waals surface area contributed by atoms with Crippen molar-refractivity contribution in [1.29, 1.82) is 0 Å². The van der Waals surface area contributed by atoms with E-state index in [2.05, 4.69) is 25.9 Å². The van der Waals surface area contributed by atoms with Crippen LogP contribution < -0.4 is 16.6 Å². The van der Waals surface area contributed by atoms with E-state index in [1.54, 1.807) is 30.6 Å². The number of rotatable bonds is 4. The van der Waals surface area contributed by atoms with Crippen molar-refractivity contribution in [3.8, 4) is 0 Å². The Hall–Kier alpha value is -2.41. The summed E-state index contributed by atoms with van der Waals surface area (Å²) >= 11 is 0. The number of pyridine rings is 1. The second-order valence-electron chi connectivity index (χ2n) is 3.34. The first-order valence-corrected chi connectivity index (χ1v) is 4.99. The fourth-order valence-corrected chi connectivity index (χ4v) is 1.29. The summed E-state index contributed by atoms with van der Waals surface area (Å²) in [5, 5.41) is 9.17. The molecule has 0 aliphatic heterocycles. The summed E-state index contributed by atoms with van der Waals surface area (Å²) < 4.78 is 0. The van der Waals surface area contributed by atoms with Crippen molar-refractivity contribution < 1.29 is 4.79 Å². The number of aromatic amines is 1. The summed E-state index contributed by atoms with van der Waals surface area (Å²) in [6.45, 7) is 0.400. The minimum Gasteiger partial charge on any atom is -0.347 e. The lowest BCUT2D eigenvalue weighted by molar-refractivity contribution is 0.0946. The summed E-state index contributed by atoms with van der Waals surface area (Å²) in [4.78, 5) is 15.8. The highest BCUT2D eigenvalue weighted by atomic mass is 16.1. The van der Waals surface area contributed by atoms with Crippen molar-refractivity contribution in [2.24, 2.45) is 5.84 Å². The molecule has 5 N–H and O–H groups in total. The predicted molar refractivity (Wildman–Crippen MR) is 61.8 cm³/mol. The van der Waals surface area contributed by atoms with Gasteiger partial charge in [0.1, 0.15) is 11.5 Å². The maximum Gasteiger partial charge on any atom is 0.270 e. The van der Waals surface area contributed by atoms with Crippen LogP contribution in [-0.4, -0.2) is 21.1 Å². The first-order valence-electron chi connectivity index (χ1n) is 4.99. The second kappa shape index (κ2) is 5.08. The Labute approximate surface area is 97.4 Å². The van der Waals surface area contributed by atoms with E-state index in [9.17, 15) is 4.79 Å². The largest absolute Gasteiger partial charge is 0.347 e. The van der Waals surface area contributed by atoms with Crippen LogP contribution in [0.2, 0.25) is 0 Å². The first kappa shape index (κ1) is 11.1. The standard InChI is InChI=1S/C10H12N6O/c11-16-9-3-1-2-8(15-9)10(17)12-4-7-5-13-14-6-7/h1-3,5-6H,4,11H2,(H,12,17)(H,13,14)(H,15,16). The highest BCUT2D eigenvalue weighted by molar-refractivity contribution is 5.92. The van der Waals surface area contributed by atoms with Crippen molar-refractivity contribution >= 4 is 11.7 Å². The molecule has 2 heterocycles. The van der Waals surface area contributed by atoms with Crippen molar-refractivity contribution in [2.75, 3.05) is 5.43 Å². The van der Waals surface area contributed by atoms with Crippen LogP contribution in [0, 0.1) is 0 Å². The van der Waals surface area contributed by atoms with Gasteiger partial charge in [0.05, 0.1) is 6.20 Å². The van der Waals surface area contributed by atoms with E-state index in [0.29, 0.717) is 18.1 Å². The zero-order valence-corrected chi connectivity index (χ0v) is 8.97. The van der Waals surface area contributed by atoms with Gasteiger partial charge in [-0.3, -0.25) is 9.89 Å². The molecule has 0 fully saturated rings. The van der Waals surface area contributed by atoms with Crippen LogP contribution in [-0.2, 0) is 6.54 Å². The van der Waals surface area contributed by atoms with Gasteiger partial charge in [-0.15, -0.1) is 0 Å². The lowest BCUT2D eigenvalue weighted by Crippen LogP contribution is -2.24. The molecule has 0 aliphatic rings. The third-order valence-corrected chi connectivity index (χ3v) is 2.14. The summed E-state index contributed by atoms with van der Waals surface area (Å²) in [6, 6.07) is 4.99. The second-order valence-corrected chi connectivity index (χ2v) is 3.34. The molecule has 2 aromatic heterocycles. The molecule has 2 rings (SSSR count). The van der Waals surface area contributed by atoms with Gasteiger partial charge < -0.3 is 10.7 Å². The Morgan fingerprint density at radius 3 is 3.06 bits per heavy atom. The Morgan fingerprint density at radius 1 is 1.47 bits per heavy atom. The number of nitrogens with two attached hydrogens (primary N) is 1. The molecule has 17 heavy (non-hydrogen) atoms. The third-order valence-electron chi connectivity index (χ3n) is 2.14. The molecule has 0 aliphatic carbocycles. The minimum atomic E-state index is -0.261. The summed E-state index contributed by atoms with van der Waals surface area (Å²) in [5.41, 5.74) is 3.59. The molecular formula is C10H12N6O. The molecular weight excluding hydrogens is 220 g/mol. The van der Waals surface area contributed by atoms with Gasteiger partial charge in [0.15, 0.2) is 0 Å². The SMILES string of the molecule is NNc1cccc(C(=O)NCc2cn[nH]c2)n1. The fraction of sp³-hybridized carbons (Fsp3) is 0.100. The molecule has 0 atom stereocenters. The summed E-state index contributed by atoms with van der Waals surface area (Å²) in [6.07, 6.45) is 3.36. The summed E-state index contributed by atoms with van der Waals surface area (Å²) in [5.74, 6) is 5.40. The highest BCUT2D eigenvalue weighted by Crippen LogP contribution is 2.03. The zero-order valence-electron chi connectivity index (χ0n) is 8.97. The average molecular weight is 232 g/mol. The minimum absolute atomic E-state index is 0.261. The van der Waals surface area contributed by atoms with Crippen LogP contribution in [0.15, 0.2) is 30.6 Å². The molecule has 7 nitrogen and oxygen atoms in total. The molecule has 0 radical (unpaired) electrons. The van der Waals surface area contributed by atoms with E-state index in [1.165, 1.54) is 0 Å². The maximum absolute atomic E-state index is 11.7. The Morgan fingerprint density at radius 2 is 2.35 bits per heavy atom. The molecule has 0 unspecified atom stereocenters. The maximum atomic E-state index is 11.7. The number of nitrogen functional groups attached to an aromatic ring is 1. The van der Waals surface area contributed by atoms with Crippen LogP contribution in [0.5, 0.6) is 0 Å². The molecule has 0 saturated heterocycles. The Kier molecular flexibility index (Phi) is 3.31. The van der Waals surface area contributed by atoms with E-state index in [0.717, 1.165) is 5.56 Å². The molecule has 1 amide bonds. The smallest absolute Gasteiger partial charge is 0.270 e. The van der Waals surface area contributed by atoms with E-state index in [-0.39, 0.29) is 5.91 Å². The number of aromatic nitrogens is 3. The Bertz CT molecular complexity index is 495. The van der Waals surface area contributed by atoms with Gasteiger partial charge in [0.2, 0.25) is 0 Å². The molecule has 7 heteroatoms. The Balaban J connectivity index is 1.99. The normalized spacial score (nSPS) is 9.94. The van der Waals surface area contributed by atoms with Crippen molar-refractivity contribution in [2.45, 2.75) is 6.54 Å². The molecule has 0 saturated carbocycles. The number of hydrogen-bond acceptors (Lipinski definition) is 5. The topological polar surface area (TPSA) is 109 Å². The molecule has 88 valence electrons. The fourth-order valence-electron chi connectivity index (χ4n) is 1.29. The van der Waals surface area contributed by atoms with Gasteiger partial charge in [-0.1, -0.05) is 6.07 Å². The quantitative estimate of drug-likeness (QED) is 0.439. The number of carbonyl (C=O) groups is 1. The number of H-pyrrole nitrogens is 1. The highest BCUT2D eigenvalue weighted by Gasteiger charge is 2.07. The monoisotopic (exact) mass is 232 g/mol. The molecule has 0 bridgehead atoms. The zero-order chi connectivity index (χ0) is 12.1. The van der Waals surface area contributed by atoms with Gasteiger partial charge in [-0.2, -0.15) is 5.10 Å². The third kappa shape index (κ3) is 2.79. The number of hydrogen-bond donors (Lipinski definition) is 4. The lowest BCUT2D eigenvalue weighted by atomic mass is 10.3. The number of nitrogens with zero attached hydrogens (tertiary/aromatic N) is 2. The average Bonchev–Trinajstić information content (AvgIpc) is 2.89. The predicted octanol–water partition coefficient (Wildman–Crippen LogP) is 0.0203. The molecule has 0 spiro atoms. The van der Waals surface area contributed by atoms with Gasteiger partial charge in [0.25, 0.3) is 5.91 Å². The van der Waals surface area contributed by atoms with E-state index >= 15 is 0 Å². The van der Waals surface area contributed by atoms with Crippen molar-refractivity contribution in [3.63, 3.8) is 0 Å². The van der Waals surface area contributed by atoms with Crippen LogP contribution in [0.25, 0.3) is 0 Å².